The van der Waals surface area contributed by atoms with Crippen LogP contribution < -0.4 is 36.6 Å². The Hall–Kier alpha value is -18.0. The third kappa shape index (κ3) is 25.1. The first-order valence-corrected chi connectivity index (χ1v) is 45.9. The average molecular weight is 2050 g/mol. The summed E-state index contributed by atoms with van der Waals surface area (Å²) in [6.45, 7) is 5.84. The van der Waals surface area contributed by atoms with E-state index in [9.17, 15) is 67.1 Å². The van der Waals surface area contributed by atoms with Gasteiger partial charge in [-0.25, -0.2) is 44.7 Å². The Bertz CT molecular complexity index is 8040. The van der Waals surface area contributed by atoms with E-state index in [2.05, 4.69) is 86.7 Å². The number of methoxy groups -OCH3 is 1. The number of H-pyrrole nitrogens is 4. The highest BCUT2D eigenvalue weighted by molar-refractivity contribution is 7.80. The minimum Gasteiger partial charge on any atom is -0.496 e. The van der Waals surface area contributed by atoms with Crippen LogP contribution in [0.3, 0.4) is 0 Å². The maximum atomic E-state index is 13.1. The van der Waals surface area contributed by atoms with Gasteiger partial charge in [-0.1, -0.05) is 48.0 Å². The number of thiocarbonyl (C=S) groups is 1. The molecule has 0 fully saturated rings. The van der Waals surface area contributed by atoms with Crippen LogP contribution in [0, 0.1) is 20.8 Å². The number of anilines is 6. The number of halogens is 13. The van der Waals surface area contributed by atoms with Gasteiger partial charge in [0.1, 0.15) is 29.0 Å². The van der Waals surface area contributed by atoms with Crippen molar-refractivity contribution in [2.75, 3.05) is 39.0 Å². The first kappa shape index (κ1) is 101. The number of hydrogen-bond donors (Lipinski definition) is 10. The number of aryl methyl sites for hydroxylation is 3. The predicted molar refractivity (Wildman–Crippen MR) is 545 cm³/mol. The second-order valence-corrected chi connectivity index (χ2v) is 34.3. The minimum absolute atomic E-state index is 0.00446. The number of amides is 4. The molecule has 0 spiro atoms. The topological polar surface area (TPSA) is 350 Å². The summed E-state index contributed by atoms with van der Waals surface area (Å²) < 4.78 is 162. The number of ether oxygens (including phenoxy) is 1. The molecule has 20 aromatic rings. The van der Waals surface area contributed by atoms with Gasteiger partial charge in [0.15, 0.2) is 5.11 Å². The fourth-order valence-corrected chi connectivity index (χ4v) is 16.3. The summed E-state index contributed by atoms with van der Waals surface area (Å²) in [5.41, 5.74) is 17.4. The number of aromatic amines is 4. The molecular weight excluding hydrogens is 1960 g/mol. The first-order chi connectivity index (χ1) is 71.0. The molecule has 4 amide bonds. The first-order valence-electron chi connectivity index (χ1n) is 45.1. The molecule has 0 bridgehead atoms. The quantitative estimate of drug-likeness (QED) is 0.0236. The molecule has 0 saturated heterocycles. The van der Waals surface area contributed by atoms with Gasteiger partial charge in [0.2, 0.25) is 0 Å². The van der Waals surface area contributed by atoms with Crippen LogP contribution >= 0.6 is 23.8 Å². The van der Waals surface area contributed by atoms with Crippen LogP contribution in [-0.4, -0.2) is 110 Å². The summed E-state index contributed by atoms with van der Waals surface area (Å²) in [5, 5.41) is 16.2. The molecule has 0 unspecified atom stereocenters. The summed E-state index contributed by atoms with van der Waals surface area (Å²) in [4.78, 5) is 106. The molecule has 0 atom stereocenters. The highest BCUT2D eigenvalue weighted by Gasteiger charge is 2.35. The third-order valence-corrected chi connectivity index (χ3v) is 23.7. The predicted octanol–water partition coefficient (Wildman–Crippen LogP) is 26.1. The number of fused-ring (bicyclic) bond motifs is 4. The van der Waals surface area contributed by atoms with Crippen molar-refractivity contribution in [3.63, 3.8) is 0 Å². The number of benzene rings is 8. The average Bonchev–Trinajstić information content (AvgIpc) is 1.62. The van der Waals surface area contributed by atoms with Gasteiger partial charge in [-0.2, -0.15) is 52.7 Å². The van der Waals surface area contributed by atoms with Gasteiger partial charge in [-0.15, -0.1) is 0 Å². The van der Waals surface area contributed by atoms with Gasteiger partial charge in [-0.05, 0) is 267 Å². The number of aromatic nitrogens is 16. The third-order valence-electron chi connectivity index (χ3n) is 23.2. The molecule has 12 heterocycles. The molecule has 0 saturated carbocycles. The number of hydrogen-bond acceptors (Lipinski definition) is 17. The molecule has 20 rings (SSSR count). The van der Waals surface area contributed by atoms with Gasteiger partial charge in [0.05, 0.1) is 107 Å². The van der Waals surface area contributed by atoms with Gasteiger partial charge in [0.25, 0.3) is 11.8 Å². The van der Waals surface area contributed by atoms with E-state index in [0.29, 0.717) is 76.6 Å². The Morgan fingerprint density at radius 2 is 0.649 bits per heavy atom. The molecule has 40 heteroatoms. The molecule has 8 aromatic carbocycles. The van der Waals surface area contributed by atoms with Crippen molar-refractivity contribution >= 4 is 125 Å². The molecule has 0 radical (unpaired) electrons. The van der Waals surface area contributed by atoms with Crippen LogP contribution in [0.2, 0.25) is 5.02 Å². The van der Waals surface area contributed by atoms with Gasteiger partial charge >= 0.3 is 30.7 Å². The highest BCUT2D eigenvalue weighted by Crippen LogP contribution is 2.40. The van der Waals surface area contributed by atoms with E-state index in [1.165, 1.54) is 43.5 Å². The van der Waals surface area contributed by atoms with Crippen LogP contribution in [0.1, 0.15) is 105 Å². The standard InChI is InChI=1S/C27H19ClF3N5O.C27H21F3N6O.C27H21F3N6S.C27H20F3N5O2/c1-15-4-5-16(26(37)35-22-13-19(27(29,30)31)6-7-20(22)28)11-18(15)12-23-34-21-8-10-33-25(21)24(36-23)17-3-2-9-32-14-17;2*1-16-7-8-21(34-26(37)33-20-6-2-5-19(14-20)27(28,29)30)12-18(16)13-23-35-22-9-11-32-25(22)24(36-23)17-4-3-10-31-15-17;1-37-22-8-7-16(26(36)33-20-6-2-5-19(14-20)27(28,29)30)12-18(22)13-23-34-21-9-11-32-25(21)24(35-23)17-4-3-10-31-15-17/h2-11,13-14,33H,12H2,1H3,(H,35,37);2*2-12,14-15,32H,13H2,1H3,(H2,33,34,37);2-12,14-15,32H,13H2,1H3,(H,33,36). The smallest absolute Gasteiger partial charge is 0.416 e. The molecule has 0 aliphatic heterocycles. The van der Waals surface area contributed by atoms with E-state index in [0.717, 1.165) is 166 Å². The Balaban J connectivity index is 0.000000135. The molecule has 10 N–H and O–H groups in total. The molecular formula is C108H81ClF12N22O4S. The van der Waals surface area contributed by atoms with Crippen molar-refractivity contribution in [2.45, 2.75) is 71.2 Å². The Morgan fingerprint density at radius 3 is 1.01 bits per heavy atom. The van der Waals surface area contributed by atoms with Crippen LogP contribution in [0.4, 0.5) is 91.6 Å². The number of rotatable bonds is 21. The molecule has 26 nitrogen and oxygen atoms in total. The summed E-state index contributed by atoms with van der Waals surface area (Å²) in [6.07, 6.45) is 4.40. The van der Waals surface area contributed by atoms with E-state index in [1.54, 1.807) is 110 Å². The zero-order valence-corrected chi connectivity index (χ0v) is 79.7. The fraction of sp³-hybridized carbons (Fsp3) is 0.111. The van der Waals surface area contributed by atoms with Gasteiger partial charge in [0, 0.05) is 167 Å². The second-order valence-electron chi connectivity index (χ2n) is 33.5. The van der Waals surface area contributed by atoms with Crippen molar-refractivity contribution in [3.8, 4) is 50.8 Å². The highest BCUT2D eigenvalue weighted by atomic mass is 35.5. The number of carbonyl (C=O) groups is 3. The fourth-order valence-electron chi connectivity index (χ4n) is 15.9. The van der Waals surface area contributed by atoms with Crippen LogP contribution in [0.15, 0.2) is 311 Å². The lowest BCUT2D eigenvalue weighted by molar-refractivity contribution is -0.138. The number of alkyl halides is 12. The van der Waals surface area contributed by atoms with Gasteiger partial charge < -0.3 is 56.6 Å². The molecule has 148 heavy (non-hydrogen) atoms. The van der Waals surface area contributed by atoms with Crippen molar-refractivity contribution < 1.29 is 71.8 Å². The zero-order chi connectivity index (χ0) is 104. The van der Waals surface area contributed by atoms with Gasteiger partial charge in [-0.3, -0.25) is 29.5 Å². The maximum absolute atomic E-state index is 13.1. The van der Waals surface area contributed by atoms with E-state index < -0.39 is 64.8 Å². The van der Waals surface area contributed by atoms with Crippen LogP contribution in [-0.2, 0) is 50.4 Å². The zero-order valence-electron chi connectivity index (χ0n) is 78.1. The number of carbonyl (C=O) groups excluding carboxylic acids is 3. The molecule has 0 aliphatic carbocycles. The lowest BCUT2D eigenvalue weighted by Crippen LogP contribution is -2.20. The van der Waals surface area contributed by atoms with E-state index in [-0.39, 0.29) is 50.4 Å². The summed E-state index contributed by atoms with van der Waals surface area (Å²) in [5.74, 6) is 1.68. The largest absolute Gasteiger partial charge is 0.496 e. The van der Waals surface area contributed by atoms with Crippen LogP contribution in [0.25, 0.3) is 89.2 Å². The van der Waals surface area contributed by atoms with Crippen LogP contribution in [0.5, 0.6) is 5.75 Å². The maximum Gasteiger partial charge on any atom is 0.416 e. The van der Waals surface area contributed by atoms with E-state index >= 15 is 0 Å². The normalized spacial score (nSPS) is 11.5. The Labute approximate surface area is 844 Å². The minimum atomic E-state index is -4.56. The van der Waals surface area contributed by atoms with Crippen molar-refractivity contribution in [2.24, 2.45) is 0 Å². The SMILES string of the molecule is COc1ccc(C(=O)Nc2cccc(C(F)(F)F)c2)cc1Cc1nc(-c2cccnc2)c2[nH]ccc2n1.Cc1ccc(C(=O)Nc2cc(C(F)(F)F)ccc2Cl)cc1Cc1nc(-c2cccnc2)c2[nH]ccc2n1.Cc1ccc(NC(=O)Nc2cccc(C(F)(F)F)c2)cc1Cc1nc(-c2cccnc2)c2[nH]ccc2n1.Cc1ccc(NC(=S)Nc2cccc(C(F)(F)F)c2)cc1Cc1nc(-c2cccnc2)c2[nH]ccc2n1. The summed E-state index contributed by atoms with van der Waals surface area (Å²) >= 11 is 11.4. The number of nitrogens with one attached hydrogen (secondary N) is 10. The molecule has 0 aliphatic rings. The number of nitrogens with zero attached hydrogens (tertiary/aromatic N) is 12. The summed E-state index contributed by atoms with van der Waals surface area (Å²) in [7, 11) is 1.51. The number of urea groups is 1. The summed E-state index contributed by atoms with van der Waals surface area (Å²) in [6, 6.07) is 59.5. The number of pyridine rings is 4. The Kier molecular flexibility index (Phi) is 30.2. The molecule has 744 valence electrons. The van der Waals surface area contributed by atoms with Crippen molar-refractivity contribution in [1.29, 1.82) is 0 Å². The lowest BCUT2D eigenvalue weighted by Gasteiger charge is -2.14. The second kappa shape index (κ2) is 44.1. The Morgan fingerprint density at radius 1 is 0.331 bits per heavy atom. The lowest BCUT2D eigenvalue weighted by atomic mass is 10.0. The van der Waals surface area contributed by atoms with Crippen molar-refractivity contribution in [3.05, 3.63) is 412 Å². The van der Waals surface area contributed by atoms with E-state index in [4.69, 9.17) is 53.5 Å². The monoisotopic (exact) mass is 2040 g/mol. The van der Waals surface area contributed by atoms with E-state index in [1.807, 2.05) is 130 Å². The van der Waals surface area contributed by atoms with Crippen molar-refractivity contribution in [1.82, 2.24) is 79.7 Å². The molecule has 12 aromatic heterocycles.